The van der Waals surface area contributed by atoms with Crippen LogP contribution in [0.15, 0.2) is 58.7 Å². The van der Waals surface area contributed by atoms with Gasteiger partial charge in [0.15, 0.2) is 0 Å². The molecule has 1 saturated heterocycles. The number of aliphatic hydroxyl groups excluding tert-OH is 2. The van der Waals surface area contributed by atoms with Crippen LogP contribution in [0.1, 0.15) is 163 Å². The van der Waals surface area contributed by atoms with Crippen molar-refractivity contribution in [3.05, 3.63) is 92.1 Å². The average molecular weight is 1010 g/mol. The van der Waals surface area contributed by atoms with Crippen molar-refractivity contribution in [1.29, 1.82) is 0 Å². The lowest BCUT2D eigenvalue weighted by molar-refractivity contribution is -0.142. The van der Waals surface area contributed by atoms with Crippen LogP contribution in [0.2, 0.25) is 0 Å². The quantitative estimate of drug-likeness (QED) is 0.0975. The lowest BCUT2D eigenvalue weighted by atomic mass is 9.84. The second-order valence-corrected chi connectivity index (χ2v) is 23.1. The molecule has 0 saturated carbocycles. The summed E-state index contributed by atoms with van der Waals surface area (Å²) in [7, 11) is -1.04. The van der Waals surface area contributed by atoms with Gasteiger partial charge in [0.1, 0.15) is 40.2 Å². The highest BCUT2D eigenvalue weighted by molar-refractivity contribution is 7.85. The highest BCUT2D eigenvalue weighted by Gasteiger charge is 2.48. The molecular weight excluding hydrogens is 939 g/mol. The molecule has 3 amide bonds. The Morgan fingerprint density at radius 3 is 1.85 bits per heavy atom. The molecule has 0 radical (unpaired) electrons. The zero-order chi connectivity index (χ0) is 52.2. The zero-order valence-corrected chi connectivity index (χ0v) is 44.3. The van der Waals surface area contributed by atoms with Gasteiger partial charge in [0.25, 0.3) is 11.8 Å². The number of carboxylic acids is 1. The number of carboxylic acid groups (broad SMARTS) is 1. The van der Waals surface area contributed by atoms with E-state index < -0.39 is 58.2 Å². The highest BCUT2D eigenvalue weighted by atomic mass is 32.2. The monoisotopic (exact) mass is 1010 g/mol. The van der Waals surface area contributed by atoms with Gasteiger partial charge in [-0.2, -0.15) is 0 Å². The van der Waals surface area contributed by atoms with Gasteiger partial charge in [-0.1, -0.05) is 46.6 Å². The Morgan fingerprint density at radius 2 is 1.29 bits per heavy atom. The minimum atomic E-state index is -1.30. The minimum absolute atomic E-state index is 0.00245. The van der Waals surface area contributed by atoms with E-state index in [1.807, 2.05) is 13.8 Å². The first-order valence-corrected chi connectivity index (χ1v) is 27.1. The van der Waals surface area contributed by atoms with E-state index in [0.717, 1.165) is 25.7 Å². The van der Waals surface area contributed by atoms with E-state index >= 15 is 0 Å². The molecule has 0 aliphatic carbocycles. The van der Waals surface area contributed by atoms with Crippen molar-refractivity contribution < 1.29 is 58.0 Å². The smallest absolute Gasteiger partial charge is 0.415 e. The molecular formula is C56H75N3O12S. The van der Waals surface area contributed by atoms with Gasteiger partial charge in [-0.05, 0) is 132 Å². The number of phenols is 1. The van der Waals surface area contributed by atoms with Crippen LogP contribution in [0, 0.1) is 0 Å². The molecule has 5 heterocycles. The maximum atomic E-state index is 14.5. The molecule has 0 bridgehead atoms. The molecule has 0 spiro atoms. The van der Waals surface area contributed by atoms with Crippen molar-refractivity contribution in [2.75, 3.05) is 31.1 Å². The van der Waals surface area contributed by atoms with Gasteiger partial charge < -0.3 is 49.3 Å². The molecule has 16 heteroatoms. The van der Waals surface area contributed by atoms with E-state index in [1.54, 1.807) is 4.90 Å². The van der Waals surface area contributed by atoms with Crippen molar-refractivity contribution in [3.8, 4) is 23.0 Å². The predicted molar refractivity (Wildman–Crippen MR) is 276 cm³/mol. The van der Waals surface area contributed by atoms with Gasteiger partial charge in [0.05, 0.1) is 36.4 Å². The fraction of sp³-hybridized carbons (Fsp3) is 0.571. The predicted octanol–water partition coefficient (Wildman–Crippen LogP) is 8.86. The van der Waals surface area contributed by atoms with E-state index in [4.69, 9.17) is 14.2 Å². The number of carbonyl (C=O) groups is 4. The van der Waals surface area contributed by atoms with E-state index in [-0.39, 0.29) is 87.1 Å². The molecule has 7 rings (SSSR count). The van der Waals surface area contributed by atoms with Crippen LogP contribution in [0.4, 0.5) is 4.79 Å². The van der Waals surface area contributed by atoms with E-state index in [1.165, 1.54) is 44.2 Å². The summed E-state index contributed by atoms with van der Waals surface area (Å²) < 4.78 is 31.4. The number of nitrogens with zero attached hydrogens (tertiary/aromatic N) is 3. The number of allylic oxidation sites excluding steroid dienone is 8. The number of aromatic hydroxyl groups is 1. The Labute approximate surface area is 427 Å². The Kier molecular flexibility index (Phi) is 17.2. The second-order valence-electron chi connectivity index (χ2n) is 21.4. The van der Waals surface area contributed by atoms with Gasteiger partial charge in [0.2, 0.25) is 0 Å². The summed E-state index contributed by atoms with van der Waals surface area (Å²) in [4.78, 5) is 59.4. The largest absolute Gasteiger partial charge is 0.508 e. The Balaban J connectivity index is 1.07. The SMILES string of the molecule is CC(C)=CCC/C(C)=C/CC[C@@]1(C)Oc2c(c(O)cc3c2CN(CCC[C@@H](C(=O)O)N2Cc4c(cc(OC(=O)N5CCS(=O)CC5)c5c4O[C@](C)(CC/C=C(\C)CCC=C(C)C)[C@@H](O)C5)C2=O)C3=O)C[C@@H]1O. The highest BCUT2D eigenvalue weighted by Crippen LogP contribution is 2.49. The van der Waals surface area contributed by atoms with Crippen molar-refractivity contribution in [2.45, 2.75) is 175 Å². The first-order chi connectivity index (χ1) is 34.1. The Morgan fingerprint density at radius 1 is 0.764 bits per heavy atom. The molecule has 1 fully saturated rings. The molecule has 2 aromatic rings. The number of amides is 3. The number of rotatable bonds is 19. The number of benzene rings is 2. The Hall–Kier alpha value is -5.45. The van der Waals surface area contributed by atoms with E-state index in [2.05, 4.69) is 65.8 Å². The van der Waals surface area contributed by atoms with Crippen LogP contribution in [0.25, 0.3) is 0 Å². The summed E-state index contributed by atoms with van der Waals surface area (Å²) in [6, 6.07) is 1.57. The van der Waals surface area contributed by atoms with Gasteiger partial charge in [-0.15, -0.1) is 0 Å². The third-order valence-electron chi connectivity index (χ3n) is 15.1. The standard InChI is InChI=1S/C56H75N3O12S/c1-34(2)14-9-16-36(5)18-11-21-55(7)47(61)30-40-45(60)28-38-42(49(40)70-55)32-58(51(38)63)23-13-20-44(53(65)66)59-33-43-39(52(59)64)29-46(69-54(67)57-24-26-72(68)27-25-57)41-31-48(62)56(8,71-50(41)43)22-12-19-37(6)17-10-15-35(3)4/h14-15,18-19,28-29,44,47-48,60-62H,9-13,16-17,20-27,30-33H2,1-8H3,(H,65,66)/b36-18+,37-19+/t44-,47-,48-,55+,56+/m0/s1. The van der Waals surface area contributed by atoms with Crippen molar-refractivity contribution >= 4 is 34.7 Å². The molecule has 2 aromatic carbocycles. The molecule has 392 valence electrons. The molecule has 5 aliphatic rings. The van der Waals surface area contributed by atoms with Crippen LogP contribution in [0.3, 0.4) is 0 Å². The summed E-state index contributed by atoms with van der Waals surface area (Å²) in [6.07, 6.45) is 12.5. The number of aliphatic hydroxyl groups is 2. The first kappa shape index (κ1) is 54.3. The molecule has 0 aromatic heterocycles. The number of phenolic OH excluding ortho intramolecular Hbond substituents is 1. The summed E-state index contributed by atoms with van der Waals surface area (Å²) in [5.41, 5.74) is 5.25. The summed E-state index contributed by atoms with van der Waals surface area (Å²) in [5, 5.41) is 44.8. The van der Waals surface area contributed by atoms with E-state index in [9.17, 15) is 43.8 Å². The zero-order valence-electron chi connectivity index (χ0n) is 43.4. The summed E-state index contributed by atoms with van der Waals surface area (Å²) >= 11 is 0. The second kappa shape index (κ2) is 22.8. The van der Waals surface area contributed by atoms with Crippen LogP contribution in [-0.4, -0.2) is 124 Å². The molecule has 0 unspecified atom stereocenters. The normalized spacial score (nSPS) is 23.4. The summed E-state index contributed by atoms with van der Waals surface area (Å²) in [5.74, 6) is -0.944. The van der Waals surface area contributed by atoms with Crippen molar-refractivity contribution in [3.63, 3.8) is 0 Å². The fourth-order valence-electron chi connectivity index (χ4n) is 10.5. The third kappa shape index (κ3) is 12.1. The lowest BCUT2D eigenvalue weighted by Gasteiger charge is -2.41. The Bertz CT molecular complexity index is 2580. The minimum Gasteiger partial charge on any atom is -0.508 e. The van der Waals surface area contributed by atoms with Gasteiger partial charge >= 0.3 is 12.1 Å². The lowest BCUT2D eigenvalue weighted by Crippen LogP contribution is -2.49. The maximum Gasteiger partial charge on any atom is 0.415 e. The number of hydrogen-bond acceptors (Lipinski definition) is 11. The van der Waals surface area contributed by atoms with E-state index in [0.29, 0.717) is 70.8 Å². The molecule has 5 atom stereocenters. The molecule has 4 N–H and O–H groups in total. The van der Waals surface area contributed by atoms with Crippen molar-refractivity contribution in [2.24, 2.45) is 0 Å². The number of fused-ring (bicyclic) bond motifs is 6. The van der Waals surface area contributed by atoms with Gasteiger partial charge in [0, 0.05) is 77.0 Å². The maximum absolute atomic E-state index is 14.5. The number of hydrogen-bond donors (Lipinski definition) is 4. The average Bonchev–Trinajstić information content (AvgIpc) is 3.80. The molecule has 5 aliphatic heterocycles. The topological polar surface area (TPSA) is 204 Å². The van der Waals surface area contributed by atoms with Crippen LogP contribution in [-0.2, 0) is 41.5 Å². The van der Waals surface area contributed by atoms with Gasteiger partial charge in [-0.3, -0.25) is 13.8 Å². The molecule has 72 heavy (non-hydrogen) atoms. The first-order valence-electron chi connectivity index (χ1n) is 25.6. The summed E-state index contributed by atoms with van der Waals surface area (Å²) in [6.45, 7) is 16.8. The van der Waals surface area contributed by atoms with Crippen LogP contribution in [0.5, 0.6) is 23.0 Å². The molecule has 15 nitrogen and oxygen atoms in total. The van der Waals surface area contributed by atoms with Gasteiger partial charge in [-0.25, -0.2) is 9.59 Å². The van der Waals surface area contributed by atoms with Crippen LogP contribution < -0.4 is 14.2 Å². The number of aliphatic carboxylic acids is 1. The third-order valence-corrected chi connectivity index (χ3v) is 16.4. The van der Waals surface area contributed by atoms with Crippen molar-refractivity contribution in [1.82, 2.24) is 14.7 Å². The number of ether oxygens (including phenoxy) is 3. The number of carbonyl (C=O) groups excluding carboxylic acids is 3. The van der Waals surface area contributed by atoms with Crippen LogP contribution >= 0.6 is 0 Å². The fourth-order valence-corrected chi connectivity index (χ4v) is 11.5.